The SMILES string of the molecule is COc1ccc(C)cc1-n1nnnc1SC(C)C(=O)NC(C)C1CC2CCC1C2. The van der Waals surface area contributed by atoms with Gasteiger partial charge in [-0.05, 0) is 85.9 Å². The monoisotopic (exact) mass is 415 g/mol. The molecule has 7 nitrogen and oxygen atoms in total. The van der Waals surface area contributed by atoms with Gasteiger partial charge in [-0.1, -0.05) is 24.2 Å². The van der Waals surface area contributed by atoms with Crippen molar-refractivity contribution < 1.29 is 9.53 Å². The van der Waals surface area contributed by atoms with Gasteiger partial charge in [0.2, 0.25) is 11.1 Å². The molecule has 0 aliphatic heterocycles. The number of aromatic nitrogens is 4. The van der Waals surface area contributed by atoms with E-state index in [4.69, 9.17) is 4.74 Å². The van der Waals surface area contributed by atoms with Crippen LogP contribution in [-0.2, 0) is 4.79 Å². The van der Waals surface area contributed by atoms with Crippen molar-refractivity contribution in [2.45, 2.75) is 62.9 Å². The van der Waals surface area contributed by atoms with Gasteiger partial charge >= 0.3 is 0 Å². The van der Waals surface area contributed by atoms with Gasteiger partial charge in [0.1, 0.15) is 11.4 Å². The molecule has 5 unspecified atom stereocenters. The van der Waals surface area contributed by atoms with E-state index in [2.05, 4.69) is 27.8 Å². The summed E-state index contributed by atoms with van der Waals surface area (Å²) in [4.78, 5) is 12.8. The zero-order chi connectivity index (χ0) is 20.5. The zero-order valence-electron chi connectivity index (χ0n) is 17.5. The highest BCUT2D eigenvalue weighted by Crippen LogP contribution is 2.49. The molecule has 0 spiro atoms. The second-order valence-electron chi connectivity index (χ2n) is 8.44. The summed E-state index contributed by atoms with van der Waals surface area (Å²) in [6.45, 7) is 6.07. The molecule has 156 valence electrons. The van der Waals surface area contributed by atoms with Crippen molar-refractivity contribution in [3.8, 4) is 11.4 Å². The standard InChI is InChI=1S/C21H29N5O2S/c1-12-5-8-19(28-4)18(9-12)26-21(23-24-25-26)29-14(3)20(27)22-13(2)17-11-15-6-7-16(17)10-15/h5,8-9,13-17H,6-7,10-11H2,1-4H3,(H,22,27). The summed E-state index contributed by atoms with van der Waals surface area (Å²) >= 11 is 1.36. The molecule has 1 N–H and O–H groups in total. The van der Waals surface area contributed by atoms with Crippen LogP contribution in [0.5, 0.6) is 5.75 Å². The Morgan fingerprint density at radius 1 is 1.31 bits per heavy atom. The quantitative estimate of drug-likeness (QED) is 0.698. The number of hydrogen-bond acceptors (Lipinski definition) is 6. The number of fused-ring (bicyclic) bond motifs is 2. The lowest BCUT2D eigenvalue weighted by Gasteiger charge is -2.29. The molecule has 2 aromatic rings. The van der Waals surface area contributed by atoms with Crippen molar-refractivity contribution in [3.63, 3.8) is 0 Å². The maximum Gasteiger partial charge on any atom is 0.233 e. The summed E-state index contributed by atoms with van der Waals surface area (Å²) in [7, 11) is 1.62. The van der Waals surface area contributed by atoms with E-state index in [9.17, 15) is 4.79 Å². The van der Waals surface area contributed by atoms with Crippen molar-refractivity contribution >= 4 is 17.7 Å². The Labute approximate surface area is 176 Å². The number of carbonyl (C=O) groups excluding carboxylic acids is 1. The number of thioether (sulfide) groups is 1. The topological polar surface area (TPSA) is 81.9 Å². The highest BCUT2D eigenvalue weighted by atomic mass is 32.2. The summed E-state index contributed by atoms with van der Waals surface area (Å²) in [5.41, 5.74) is 1.85. The fourth-order valence-corrected chi connectivity index (χ4v) is 5.75. The van der Waals surface area contributed by atoms with E-state index in [0.717, 1.165) is 23.1 Å². The lowest BCUT2D eigenvalue weighted by atomic mass is 9.84. The lowest BCUT2D eigenvalue weighted by Crippen LogP contribution is -2.43. The first-order valence-electron chi connectivity index (χ1n) is 10.4. The molecular weight excluding hydrogens is 386 g/mol. The molecular formula is C21H29N5O2S. The lowest BCUT2D eigenvalue weighted by molar-refractivity contribution is -0.121. The molecule has 1 aromatic carbocycles. The van der Waals surface area contributed by atoms with Gasteiger partial charge in [-0.25, -0.2) is 0 Å². The maximum absolute atomic E-state index is 12.8. The van der Waals surface area contributed by atoms with E-state index in [-0.39, 0.29) is 17.2 Å². The van der Waals surface area contributed by atoms with Crippen LogP contribution >= 0.6 is 11.8 Å². The predicted molar refractivity (Wildman–Crippen MR) is 112 cm³/mol. The Kier molecular flexibility index (Phi) is 5.81. The van der Waals surface area contributed by atoms with Crippen LogP contribution in [0.4, 0.5) is 0 Å². The van der Waals surface area contributed by atoms with Gasteiger partial charge in [0, 0.05) is 6.04 Å². The fraction of sp³-hybridized carbons (Fsp3) is 0.619. The minimum absolute atomic E-state index is 0.0380. The molecule has 2 aliphatic rings. The first kappa shape index (κ1) is 20.2. The van der Waals surface area contributed by atoms with E-state index >= 15 is 0 Å². The highest BCUT2D eigenvalue weighted by Gasteiger charge is 2.42. The van der Waals surface area contributed by atoms with Gasteiger partial charge < -0.3 is 10.1 Å². The van der Waals surface area contributed by atoms with Gasteiger partial charge in [-0.3, -0.25) is 4.79 Å². The Hall–Kier alpha value is -2.09. The third-order valence-electron chi connectivity index (χ3n) is 6.46. The summed E-state index contributed by atoms with van der Waals surface area (Å²) in [5.74, 6) is 3.02. The number of amides is 1. The molecule has 4 rings (SSSR count). The molecule has 1 aromatic heterocycles. The molecule has 1 amide bonds. The molecule has 2 aliphatic carbocycles. The van der Waals surface area contributed by atoms with Crippen LogP contribution in [0.1, 0.15) is 45.1 Å². The number of carbonyl (C=O) groups is 1. The summed E-state index contributed by atoms with van der Waals surface area (Å²) in [6.07, 6.45) is 5.31. The number of benzene rings is 1. The highest BCUT2D eigenvalue weighted by molar-refractivity contribution is 8.00. The Bertz CT molecular complexity index is 886. The average Bonchev–Trinajstić information content (AvgIpc) is 3.44. The van der Waals surface area contributed by atoms with Crippen molar-refractivity contribution in [2.75, 3.05) is 7.11 Å². The average molecular weight is 416 g/mol. The summed E-state index contributed by atoms with van der Waals surface area (Å²) in [6, 6.07) is 6.07. The normalized spacial score (nSPS) is 25.0. The van der Waals surface area contributed by atoms with Crippen LogP contribution in [-0.4, -0.2) is 44.5 Å². The van der Waals surface area contributed by atoms with Crippen LogP contribution in [0.3, 0.4) is 0 Å². The van der Waals surface area contributed by atoms with Crippen molar-refractivity contribution in [1.82, 2.24) is 25.5 Å². The second kappa shape index (κ2) is 8.34. The number of nitrogens with one attached hydrogen (secondary N) is 1. The molecule has 2 saturated carbocycles. The number of rotatable bonds is 7. The van der Waals surface area contributed by atoms with Crippen molar-refractivity contribution in [2.24, 2.45) is 17.8 Å². The molecule has 29 heavy (non-hydrogen) atoms. The predicted octanol–water partition coefficient (Wildman–Crippen LogP) is 3.40. The molecule has 0 radical (unpaired) electrons. The van der Waals surface area contributed by atoms with Crippen LogP contribution in [0.2, 0.25) is 0 Å². The van der Waals surface area contributed by atoms with Crippen molar-refractivity contribution in [1.29, 1.82) is 0 Å². The van der Waals surface area contributed by atoms with Crippen molar-refractivity contribution in [3.05, 3.63) is 23.8 Å². The van der Waals surface area contributed by atoms with Gasteiger partial charge in [0.05, 0.1) is 12.4 Å². The molecule has 2 fully saturated rings. The van der Waals surface area contributed by atoms with Gasteiger partial charge in [-0.15, -0.1) is 5.10 Å². The third kappa shape index (κ3) is 4.13. The maximum atomic E-state index is 12.8. The van der Waals surface area contributed by atoms with Crippen LogP contribution < -0.4 is 10.1 Å². The first-order chi connectivity index (χ1) is 14.0. The number of nitrogens with zero attached hydrogens (tertiary/aromatic N) is 4. The number of aryl methyl sites for hydroxylation is 1. The minimum atomic E-state index is -0.295. The summed E-state index contributed by atoms with van der Waals surface area (Å²) in [5, 5.41) is 15.6. The third-order valence-corrected chi connectivity index (χ3v) is 7.49. The second-order valence-corrected chi connectivity index (χ2v) is 9.75. The Morgan fingerprint density at radius 3 is 2.83 bits per heavy atom. The zero-order valence-corrected chi connectivity index (χ0v) is 18.3. The number of tetrazole rings is 1. The number of ether oxygens (including phenoxy) is 1. The smallest absolute Gasteiger partial charge is 0.233 e. The molecule has 8 heteroatoms. The van der Waals surface area contributed by atoms with E-state index in [0.29, 0.717) is 16.8 Å². The van der Waals surface area contributed by atoms with Crippen LogP contribution in [0, 0.1) is 24.7 Å². The van der Waals surface area contributed by atoms with E-state index in [1.54, 1.807) is 11.8 Å². The number of methoxy groups -OCH3 is 1. The van der Waals surface area contributed by atoms with Crippen LogP contribution in [0.25, 0.3) is 5.69 Å². The van der Waals surface area contributed by atoms with Gasteiger partial charge in [0.25, 0.3) is 0 Å². The van der Waals surface area contributed by atoms with E-state index < -0.39 is 0 Å². The van der Waals surface area contributed by atoms with Crippen LogP contribution in [0.15, 0.2) is 23.4 Å². The largest absolute Gasteiger partial charge is 0.494 e. The van der Waals surface area contributed by atoms with E-state index in [1.165, 1.54) is 37.4 Å². The van der Waals surface area contributed by atoms with Gasteiger partial charge in [-0.2, -0.15) is 4.68 Å². The molecule has 1 heterocycles. The Balaban J connectivity index is 1.43. The fourth-order valence-electron chi connectivity index (χ4n) is 4.94. The minimum Gasteiger partial charge on any atom is -0.494 e. The first-order valence-corrected chi connectivity index (χ1v) is 11.2. The Morgan fingerprint density at radius 2 is 2.14 bits per heavy atom. The molecule has 5 atom stereocenters. The van der Waals surface area contributed by atoms with Gasteiger partial charge in [0.15, 0.2) is 0 Å². The molecule has 2 bridgehead atoms. The molecule has 0 saturated heterocycles. The number of hydrogen-bond donors (Lipinski definition) is 1. The van der Waals surface area contributed by atoms with E-state index in [1.807, 2.05) is 32.0 Å². The summed E-state index contributed by atoms with van der Waals surface area (Å²) < 4.78 is 7.10.